The van der Waals surface area contributed by atoms with E-state index in [2.05, 4.69) is 15.0 Å². The third-order valence-corrected chi connectivity index (χ3v) is 3.54. The summed E-state index contributed by atoms with van der Waals surface area (Å²) in [6, 6.07) is 5.17. The van der Waals surface area contributed by atoms with E-state index in [1.807, 2.05) is 6.07 Å². The van der Waals surface area contributed by atoms with Gasteiger partial charge >= 0.3 is 5.97 Å². The lowest BCUT2D eigenvalue weighted by molar-refractivity contribution is 0.0378. The summed E-state index contributed by atoms with van der Waals surface area (Å²) < 4.78 is 9.99. The number of hydrogen-bond donors (Lipinski definition) is 2. The molecule has 0 aromatic heterocycles. The molecule has 0 aliphatic carbocycles. The van der Waals surface area contributed by atoms with E-state index >= 15 is 0 Å². The number of anilines is 2. The summed E-state index contributed by atoms with van der Waals surface area (Å²) in [5.41, 5.74) is 7.82. The molecule has 1 saturated heterocycles. The van der Waals surface area contributed by atoms with E-state index in [-0.39, 0.29) is 5.97 Å². The van der Waals surface area contributed by atoms with Gasteiger partial charge in [0, 0.05) is 19.6 Å². The molecule has 3 N–H and O–H groups in total. The Morgan fingerprint density at radius 3 is 2.86 bits per heavy atom. The molecule has 1 aliphatic rings. The Bertz CT molecular complexity index is 473. The van der Waals surface area contributed by atoms with E-state index in [0.29, 0.717) is 11.3 Å². The van der Waals surface area contributed by atoms with Crippen molar-refractivity contribution in [2.24, 2.45) is 0 Å². The molecule has 6 nitrogen and oxygen atoms in total. The number of hydrogen-bond acceptors (Lipinski definition) is 6. The average molecular weight is 293 g/mol. The summed E-state index contributed by atoms with van der Waals surface area (Å²) in [6.07, 6.45) is 1.04. The molecule has 0 saturated carbocycles. The third kappa shape index (κ3) is 4.61. The maximum atomic E-state index is 11.4. The fourth-order valence-electron chi connectivity index (χ4n) is 2.32. The minimum Gasteiger partial charge on any atom is -0.465 e. The fraction of sp³-hybridized carbons (Fsp3) is 0.533. The van der Waals surface area contributed by atoms with E-state index in [0.717, 1.165) is 51.5 Å². The summed E-state index contributed by atoms with van der Waals surface area (Å²) in [7, 11) is 1.36. The normalized spacial score (nSPS) is 15.7. The molecule has 1 fully saturated rings. The summed E-state index contributed by atoms with van der Waals surface area (Å²) in [6.45, 7) is 5.58. The second-order valence-corrected chi connectivity index (χ2v) is 5.03. The van der Waals surface area contributed by atoms with Gasteiger partial charge < -0.3 is 20.5 Å². The number of ether oxygens (including phenoxy) is 2. The Balaban J connectivity index is 1.76. The van der Waals surface area contributed by atoms with Crippen LogP contribution in [0.25, 0.3) is 0 Å². The van der Waals surface area contributed by atoms with Crippen LogP contribution in [0.1, 0.15) is 16.8 Å². The van der Waals surface area contributed by atoms with Gasteiger partial charge in [0.2, 0.25) is 0 Å². The number of methoxy groups -OCH3 is 1. The molecule has 21 heavy (non-hydrogen) atoms. The summed E-state index contributed by atoms with van der Waals surface area (Å²) in [4.78, 5) is 13.8. The minimum atomic E-state index is -0.374. The Hall–Kier alpha value is -1.79. The molecule has 0 radical (unpaired) electrons. The second-order valence-electron chi connectivity index (χ2n) is 5.03. The zero-order valence-electron chi connectivity index (χ0n) is 12.4. The van der Waals surface area contributed by atoms with Crippen molar-refractivity contribution in [2.45, 2.75) is 6.42 Å². The quantitative estimate of drug-likeness (QED) is 0.466. The lowest BCUT2D eigenvalue weighted by atomic mass is 10.1. The van der Waals surface area contributed by atoms with Crippen LogP contribution >= 0.6 is 0 Å². The van der Waals surface area contributed by atoms with E-state index < -0.39 is 0 Å². The number of morpholine rings is 1. The zero-order chi connectivity index (χ0) is 15.1. The monoisotopic (exact) mass is 293 g/mol. The van der Waals surface area contributed by atoms with Gasteiger partial charge in [0.05, 0.1) is 37.3 Å². The Morgan fingerprint density at radius 2 is 2.19 bits per heavy atom. The first-order valence-corrected chi connectivity index (χ1v) is 7.22. The van der Waals surface area contributed by atoms with Gasteiger partial charge in [0.15, 0.2) is 0 Å². The number of carbonyl (C=O) groups is 1. The predicted octanol–water partition coefficient (Wildman–Crippen LogP) is 1.19. The number of nitrogens with one attached hydrogen (secondary N) is 1. The summed E-state index contributed by atoms with van der Waals surface area (Å²) in [5, 5.41) is 3.30. The van der Waals surface area contributed by atoms with Crippen LogP contribution in [0.15, 0.2) is 18.2 Å². The first kappa shape index (κ1) is 15.6. The van der Waals surface area contributed by atoms with Crippen LogP contribution < -0.4 is 11.1 Å². The summed E-state index contributed by atoms with van der Waals surface area (Å²) >= 11 is 0. The van der Waals surface area contributed by atoms with E-state index in [1.165, 1.54) is 7.11 Å². The van der Waals surface area contributed by atoms with Crippen molar-refractivity contribution < 1.29 is 14.3 Å². The van der Waals surface area contributed by atoms with Gasteiger partial charge in [-0.1, -0.05) is 0 Å². The van der Waals surface area contributed by atoms with Crippen LogP contribution in [-0.2, 0) is 9.47 Å². The topological polar surface area (TPSA) is 76.8 Å². The fourth-order valence-corrected chi connectivity index (χ4v) is 2.32. The van der Waals surface area contributed by atoms with Gasteiger partial charge in [-0.2, -0.15) is 0 Å². The Morgan fingerprint density at radius 1 is 1.43 bits per heavy atom. The number of rotatable bonds is 6. The second kappa shape index (κ2) is 7.85. The smallest absolute Gasteiger partial charge is 0.337 e. The maximum Gasteiger partial charge on any atom is 0.337 e. The number of nitrogens with two attached hydrogens (primary N) is 1. The van der Waals surface area contributed by atoms with E-state index in [9.17, 15) is 4.79 Å². The van der Waals surface area contributed by atoms with Crippen molar-refractivity contribution in [3.05, 3.63) is 23.8 Å². The molecule has 0 atom stereocenters. The van der Waals surface area contributed by atoms with Gasteiger partial charge in [-0.05, 0) is 31.2 Å². The maximum absolute atomic E-state index is 11.4. The molecule has 0 spiro atoms. The van der Waals surface area contributed by atoms with Crippen LogP contribution in [-0.4, -0.2) is 57.4 Å². The van der Waals surface area contributed by atoms with E-state index in [1.54, 1.807) is 12.1 Å². The van der Waals surface area contributed by atoms with Crippen molar-refractivity contribution in [2.75, 3.05) is 57.6 Å². The largest absolute Gasteiger partial charge is 0.465 e. The molecule has 1 aromatic carbocycles. The molecule has 0 bridgehead atoms. The highest BCUT2D eigenvalue weighted by Crippen LogP contribution is 2.20. The Kier molecular flexibility index (Phi) is 5.83. The van der Waals surface area contributed by atoms with Crippen LogP contribution in [0.3, 0.4) is 0 Å². The van der Waals surface area contributed by atoms with Gasteiger partial charge in [-0.15, -0.1) is 0 Å². The highest BCUT2D eigenvalue weighted by atomic mass is 16.5. The molecular formula is C15H23N3O3. The minimum absolute atomic E-state index is 0.374. The van der Waals surface area contributed by atoms with Gasteiger partial charge in [-0.25, -0.2) is 4.79 Å². The molecule has 1 aromatic rings. The van der Waals surface area contributed by atoms with Gasteiger partial charge in [-0.3, -0.25) is 4.90 Å². The number of esters is 1. The molecule has 0 amide bonds. The average Bonchev–Trinajstić information content (AvgIpc) is 2.53. The molecule has 1 aliphatic heterocycles. The molecule has 0 unspecified atom stereocenters. The first-order valence-electron chi connectivity index (χ1n) is 7.22. The molecule has 116 valence electrons. The number of carbonyl (C=O) groups excluding carboxylic acids is 1. The SMILES string of the molecule is COC(=O)c1ccc(NCCCN2CCOCC2)c(N)c1. The van der Waals surface area contributed by atoms with Crippen LogP contribution in [0, 0.1) is 0 Å². The number of nitrogen functional groups attached to an aromatic ring is 1. The van der Waals surface area contributed by atoms with Crippen LogP contribution in [0.5, 0.6) is 0 Å². The first-order chi connectivity index (χ1) is 10.2. The number of benzene rings is 1. The van der Waals surface area contributed by atoms with Crippen molar-refractivity contribution in [3.8, 4) is 0 Å². The molecular weight excluding hydrogens is 270 g/mol. The number of nitrogens with zero attached hydrogens (tertiary/aromatic N) is 1. The summed E-state index contributed by atoms with van der Waals surface area (Å²) in [5.74, 6) is -0.374. The lowest BCUT2D eigenvalue weighted by Gasteiger charge is -2.26. The Labute approximate surface area is 125 Å². The van der Waals surface area contributed by atoms with Gasteiger partial charge in [0.1, 0.15) is 0 Å². The third-order valence-electron chi connectivity index (χ3n) is 3.54. The zero-order valence-corrected chi connectivity index (χ0v) is 12.4. The van der Waals surface area contributed by atoms with Crippen LogP contribution in [0.4, 0.5) is 11.4 Å². The molecule has 1 heterocycles. The van der Waals surface area contributed by atoms with Crippen molar-refractivity contribution >= 4 is 17.3 Å². The predicted molar refractivity (Wildman–Crippen MR) is 82.6 cm³/mol. The van der Waals surface area contributed by atoms with Crippen molar-refractivity contribution in [1.29, 1.82) is 0 Å². The van der Waals surface area contributed by atoms with Crippen molar-refractivity contribution in [1.82, 2.24) is 4.90 Å². The highest BCUT2D eigenvalue weighted by Gasteiger charge is 2.10. The standard InChI is InChI=1S/C15H23N3O3/c1-20-15(19)12-3-4-14(13(16)11-12)17-5-2-6-18-7-9-21-10-8-18/h3-4,11,17H,2,5-10,16H2,1H3. The lowest BCUT2D eigenvalue weighted by Crippen LogP contribution is -2.37. The van der Waals surface area contributed by atoms with Crippen molar-refractivity contribution in [3.63, 3.8) is 0 Å². The van der Waals surface area contributed by atoms with Gasteiger partial charge in [0.25, 0.3) is 0 Å². The molecule has 2 rings (SSSR count). The highest BCUT2D eigenvalue weighted by molar-refractivity contribution is 5.91. The molecule has 6 heteroatoms. The van der Waals surface area contributed by atoms with Crippen LogP contribution in [0.2, 0.25) is 0 Å². The van der Waals surface area contributed by atoms with E-state index in [4.69, 9.17) is 10.5 Å².